The summed E-state index contributed by atoms with van der Waals surface area (Å²) in [4.78, 5) is 0. The van der Waals surface area contributed by atoms with Gasteiger partial charge in [-0.05, 0) is 23.2 Å². The smallest absolute Gasteiger partial charge is 0.00539 e. The summed E-state index contributed by atoms with van der Waals surface area (Å²) in [5, 5.41) is 0. The molecule has 0 atom stereocenters. The molecular weight excluding hydrogens is 144 g/mol. The second-order valence-corrected chi connectivity index (χ2v) is 2.51. The summed E-state index contributed by atoms with van der Waals surface area (Å²) in [6, 6.07) is 0. The van der Waals surface area contributed by atoms with Gasteiger partial charge in [-0.3, -0.25) is 0 Å². The summed E-state index contributed by atoms with van der Waals surface area (Å²) in [6.07, 6.45) is 0. The SMILES string of the molecule is SCC(CS)CS. The van der Waals surface area contributed by atoms with Gasteiger partial charge < -0.3 is 0 Å². The molecular formula is C4H10S3. The van der Waals surface area contributed by atoms with Crippen molar-refractivity contribution in [2.75, 3.05) is 17.3 Å². The highest BCUT2D eigenvalue weighted by Crippen LogP contribution is 2.02. The van der Waals surface area contributed by atoms with E-state index >= 15 is 0 Å². The maximum Gasteiger partial charge on any atom is -0.00539 e. The van der Waals surface area contributed by atoms with Crippen molar-refractivity contribution in [3.05, 3.63) is 0 Å². The van der Waals surface area contributed by atoms with Crippen LogP contribution in [-0.4, -0.2) is 17.3 Å². The molecule has 0 aliphatic carbocycles. The Hall–Kier alpha value is 1.05. The molecule has 0 bridgehead atoms. The van der Waals surface area contributed by atoms with Gasteiger partial charge in [0.15, 0.2) is 0 Å². The molecule has 7 heavy (non-hydrogen) atoms. The minimum atomic E-state index is 0.579. The molecule has 0 saturated carbocycles. The van der Waals surface area contributed by atoms with Crippen molar-refractivity contribution in [3.8, 4) is 0 Å². The van der Waals surface area contributed by atoms with Crippen molar-refractivity contribution >= 4 is 37.9 Å². The van der Waals surface area contributed by atoms with Crippen LogP contribution in [0.4, 0.5) is 0 Å². The van der Waals surface area contributed by atoms with Gasteiger partial charge in [-0.15, -0.1) is 0 Å². The van der Waals surface area contributed by atoms with E-state index in [9.17, 15) is 0 Å². The van der Waals surface area contributed by atoms with Crippen molar-refractivity contribution < 1.29 is 0 Å². The Balaban J connectivity index is 2.99. The van der Waals surface area contributed by atoms with E-state index in [1.54, 1.807) is 0 Å². The van der Waals surface area contributed by atoms with Crippen molar-refractivity contribution in [2.24, 2.45) is 5.92 Å². The first kappa shape index (κ1) is 8.05. The molecule has 0 nitrogen and oxygen atoms in total. The van der Waals surface area contributed by atoms with Gasteiger partial charge in [0.05, 0.1) is 0 Å². The molecule has 0 aliphatic heterocycles. The largest absolute Gasteiger partial charge is 0.179 e. The van der Waals surface area contributed by atoms with Crippen molar-refractivity contribution in [1.29, 1.82) is 0 Å². The van der Waals surface area contributed by atoms with Gasteiger partial charge in [0, 0.05) is 0 Å². The van der Waals surface area contributed by atoms with Crippen LogP contribution >= 0.6 is 37.9 Å². The molecule has 0 aromatic carbocycles. The van der Waals surface area contributed by atoms with Gasteiger partial charge in [-0.25, -0.2) is 0 Å². The third-order valence-corrected chi connectivity index (χ3v) is 2.32. The molecule has 0 saturated heterocycles. The van der Waals surface area contributed by atoms with Crippen LogP contribution in [-0.2, 0) is 0 Å². The Kier molecular flexibility index (Phi) is 5.97. The van der Waals surface area contributed by atoms with Crippen LogP contribution < -0.4 is 0 Å². The molecule has 3 heteroatoms. The van der Waals surface area contributed by atoms with Crippen LogP contribution in [0.15, 0.2) is 0 Å². The minimum Gasteiger partial charge on any atom is -0.179 e. The minimum absolute atomic E-state index is 0.579. The normalized spacial score (nSPS) is 10.3. The van der Waals surface area contributed by atoms with Gasteiger partial charge in [0.2, 0.25) is 0 Å². The highest BCUT2D eigenvalue weighted by atomic mass is 32.1. The molecule has 0 aromatic heterocycles. The van der Waals surface area contributed by atoms with Gasteiger partial charge in [0.25, 0.3) is 0 Å². The fourth-order valence-electron chi connectivity index (χ4n) is 0.173. The van der Waals surface area contributed by atoms with Gasteiger partial charge in [-0.2, -0.15) is 37.9 Å². The average Bonchev–Trinajstić information content (AvgIpc) is 1.72. The quantitative estimate of drug-likeness (QED) is 0.503. The summed E-state index contributed by atoms with van der Waals surface area (Å²) < 4.78 is 0. The maximum atomic E-state index is 4.08. The number of hydrogen-bond donors (Lipinski definition) is 3. The van der Waals surface area contributed by atoms with Gasteiger partial charge in [-0.1, -0.05) is 0 Å². The lowest BCUT2D eigenvalue weighted by atomic mass is 10.3. The number of hydrogen-bond acceptors (Lipinski definition) is 3. The van der Waals surface area contributed by atoms with Crippen LogP contribution in [0.2, 0.25) is 0 Å². The topological polar surface area (TPSA) is 0 Å². The van der Waals surface area contributed by atoms with Crippen LogP contribution in [0.3, 0.4) is 0 Å². The monoisotopic (exact) mass is 154 g/mol. The Morgan fingerprint density at radius 1 is 0.857 bits per heavy atom. The molecule has 44 valence electrons. The van der Waals surface area contributed by atoms with E-state index < -0.39 is 0 Å². The summed E-state index contributed by atoms with van der Waals surface area (Å²) >= 11 is 12.2. The van der Waals surface area contributed by atoms with Crippen LogP contribution in [0.5, 0.6) is 0 Å². The highest BCUT2D eigenvalue weighted by Gasteiger charge is 1.97. The molecule has 0 heterocycles. The molecule has 0 unspecified atom stereocenters. The second kappa shape index (κ2) is 5.19. The molecule has 0 N–H and O–H groups in total. The third kappa shape index (κ3) is 3.62. The van der Waals surface area contributed by atoms with Crippen LogP contribution in [0.25, 0.3) is 0 Å². The molecule has 0 spiro atoms. The predicted octanol–water partition coefficient (Wildman–Crippen LogP) is 1.39. The summed E-state index contributed by atoms with van der Waals surface area (Å²) in [5.41, 5.74) is 0. The molecule has 0 amide bonds. The Morgan fingerprint density at radius 2 is 1.14 bits per heavy atom. The van der Waals surface area contributed by atoms with Crippen molar-refractivity contribution in [3.63, 3.8) is 0 Å². The first-order valence-corrected chi connectivity index (χ1v) is 4.07. The van der Waals surface area contributed by atoms with E-state index in [0.717, 1.165) is 17.3 Å². The lowest BCUT2D eigenvalue weighted by Crippen LogP contribution is -2.04. The predicted molar refractivity (Wildman–Crippen MR) is 45.0 cm³/mol. The van der Waals surface area contributed by atoms with Crippen molar-refractivity contribution in [2.45, 2.75) is 0 Å². The zero-order valence-corrected chi connectivity index (χ0v) is 6.72. The highest BCUT2D eigenvalue weighted by molar-refractivity contribution is 7.82. The van der Waals surface area contributed by atoms with Gasteiger partial charge in [0.1, 0.15) is 0 Å². The third-order valence-electron chi connectivity index (χ3n) is 0.775. The standard InChI is InChI=1S/C4H10S3/c5-1-4(2-6)3-7/h4-7H,1-3H2. The molecule has 0 aromatic rings. The van der Waals surface area contributed by atoms with E-state index in [1.807, 2.05) is 0 Å². The van der Waals surface area contributed by atoms with Gasteiger partial charge >= 0.3 is 0 Å². The average molecular weight is 154 g/mol. The van der Waals surface area contributed by atoms with Crippen LogP contribution in [0.1, 0.15) is 0 Å². The fourth-order valence-corrected chi connectivity index (χ4v) is 1.56. The Bertz CT molecular complexity index is 28.4. The second-order valence-electron chi connectivity index (χ2n) is 1.41. The van der Waals surface area contributed by atoms with E-state index in [0.29, 0.717) is 5.92 Å². The Labute approximate surface area is 61.3 Å². The van der Waals surface area contributed by atoms with Crippen LogP contribution in [0, 0.1) is 5.92 Å². The molecule has 0 rings (SSSR count). The molecule has 0 fully saturated rings. The molecule has 0 aliphatic rings. The summed E-state index contributed by atoms with van der Waals surface area (Å²) in [6.45, 7) is 0. The Morgan fingerprint density at radius 3 is 1.14 bits per heavy atom. The van der Waals surface area contributed by atoms with Crippen molar-refractivity contribution in [1.82, 2.24) is 0 Å². The molecule has 0 radical (unpaired) electrons. The first-order valence-electron chi connectivity index (χ1n) is 2.17. The van der Waals surface area contributed by atoms with E-state index in [1.165, 1.54) is 0 Å². The number of rotatable bonds is 3. The summed E-state index contributed by atoms with van der Waals surface area (Å²) in [7, 11) is 0. The fraction of sp³-hybridized carbons (Fsp3) is 1.00. The zero-order valence-electron chi connectivity index (χ0n) is 4.04. The zero-order chi connectivity index (χ0) is 5.70. The lowest BCUT2D eigenvalue weighted by molar-refractivity contribution is 0.786. The van der Waals surface area contributed by atoms with E-state index in [-0.39, 0.29) is 0 Å². The maximum absolute atomic E-state index is 4.08. The number of thiol groups is 3. The lowest BCUT2D eigenvalue weighted by Gasteiger charge is -2.03. The van der Waals surface area contributed by atoms with E-state index in [2.05, 4.69) is 37.9 Å². The summed E-state index contributed by atoms with van der Waals surface area (Å²) in [5.74, 6) is 3.27. The first-order chi connectivity index (χ1) is 3.35. The van der Waals surface area contributed by atoms with E-state index in [4.69, 9.17) is 0 Å².